The maximum absolute atomic E-state index is 5.50. The fourth-order valence-electron chi connectivity index (χ4n) is 4.41. The van der Waals surface area contributed by atoms with E-state index >= 15 is 0 Å². The summed E-state index contributed by atoms with van der Waals surface area (Å²) in [5.74, 6) is 3.72. The van der Waals surface area contributed by atoms with E-state index in [2.05, 4.69) is 12.2 Å². The molecular weight excluding hydrogens is 384 g/mol. The van der Waals surface area contributed by atoms with Gasteiger partial charge in [-0.05, 0) is 42.9 Å². The number of anilines is 1. The van der Waals surface area contributed by atoms with Crippen LogP contribution in [0, 0.1) is 5.92 Å². The number of nitrogens with zero attached hydrogens (tertiary/aromatic N) is 2. The van der Waals surface area contributed by atoms with Crippen LogP contribution in [-0.4, -0.2) is 42.8 Å². The van der Waals surface area contributed by atoms with Crippen LogP contribution in [0.4, 0.5) is 5.82 Å². The first-order chi connectivity index (χ1) is 14.3. The van der Waals surface area contributed by atoms with Gasteiger partial charge in [-0.1, -0.05) is 6.92 Å². The Kier molecular flexibility index (Phi) is 5.52. The molecule has 0 amide bonds. The molecule has 5 rings (SSSR count). The Balaban J connectivity index is 1.44. The van der Waals surface area contributed by atoms with Crippen LogP contribution in [0.3, 0.4) is 0 Å². The van der Waals surface area contributed by atoms with E-state index in [1.165, 1.54) is 33.6 Å². The number of aromatic nitrogens is 2. The molecule has 0 unspecified atom stereocenters. The number of hydrogen-bond donors (Lipinski definition) is 2. The van der Waals surface area contributed by atoms with Crippen LogP contribution in [0.2, 0.25) is 0 Å². The van der Waals surface area contributed by atoms with Gasteiger partial charge in [-0.3, -0.25) is 0 Å². The third-order valence-corrected chi connectivity index (χ3v) is 7.20. The molecule has 7 heteroatoms. The highest BCUT2D eigenvalue weighted by atomic mass is 32.1. The molecule has 0 spiro atoms. The highest BCUT2D eigenvalue weighted by Gasteiger charge is 2.25. The predicted molar refractivity (Wildman–Crippen MR) is 115 cm³/mol. The van der Waals surface area contributed by atoms with E-state index in [9.17, 15) is 0 Å². The zero-order chi connectivity index (χ0) is 19.6. The van der Waals surface area contributed by atoms with Gasteiger partial charge >= 0.3 is 0 Å². The van der Waals surface area contributed by atoms with Gasteiger partial charge in [-0.15, -0.1) is 11.3 Å². The minimum absolute atomic E-state index is 0.760. The van der Waals surface area contributed by atoms with Crippen molar-refractivity contribution in [2.24, 2.45) is 5.92 Å². The normalized spacial score (nSPS) is 20.1. The van der Waals surface area contributed by atoms with E-state index in [0.29, 0.717) is 0 Å². The number of hydrogen-bond acceptors (Lipinski definition) is 6. The van der Waals surface area contributed by atoms with Crippen molar-refractivity contribution in [2.45, 2.75) is 39.2 Å². The molecule has 0 radical (unpaired) electrons. The number of quaternary nitrogens is 1. The summed E-state index contributed by atoms with van der Waals surface area (Å²) in [6.45, 7) is 7.75. The Morgan fingerprint density at radius 2 is 2.17 bits per heavy atom. The van der Waals surface area contributed by atoms with Crippen molar-refractivity contribution in [3.05, 3.63) is 40.4 Å². The number of fused-ring (bicyclic) bond motifs is 3. The van der Waals surface area contributed by atoms with Crippen LogP contribution in [-0.2, 0) is 30.5 Å². The van der Waals surface area contributed by atoms with E-state index in [-0.39, 0.29) is 0 Å². The number of ether oxygens (including phenoxy) is 1. The highest BCUT2D eigenvalue weighted by molar-refractivity contribution is 7.19. The molecule has 0 aromatic carbocycles. The van der Waals surface area contributed by atoms with Gasteiger partial charge in [0.1, 0.15) is 36.0 Å². The third kappa shape index (κ3) is 4.17. The van der Waals surface area contributed by atoms with Crippen molar-refractivity contribution in [2.75, 3.05) is 38.2 Å². The molecule has 1 atom stereocenters. The summed E-state index contributed by atoms with van der Waals surface area (Å²) in [6, 6.07) is 3.97. The predicted octanol–water partition coefficient (Wildman–Crippen LogP) is 2.48. The molecule has 3 aromatic heterocycles. The molecule has 4 heterocycles. The standard InChI is InChI=1S/C22H28N4O2S/c1-15-4-5-17-18(13-15)29-22-20(17)21(23-7-6-16-3-2-10-28-16)24-19(25-22)14-26-8-11-27-12-9-26/h2-3,10,15H,4-9,11-14H2,1H3,(H,23,24,25)/p+1/t15-/m0/s1. The van der Waals surface area contributed by atoms with E-state index < -0.39 is 0 Å². The smallest absolute Gasteiger partial charge is 0.187 e. The van der Waals surface area contributed by atoms with E-state index in [1.807, 2.05) is 23.5 Å². The minimum atomic E-state index is 0.760. The summed E-state index contributed by atoms with van der Waals surface area (Å²) in [5.41, 5.74) is 1.48. The van der Waals surface area contributed by atoms with Crippen LogP contribution >= 0.6 is 11.3 Å². The lowest BCUT2D eigenvalue weighted by Gasteiger charge is -2.23. The molecule has 29 heavy (non-hydrogen) atoms. The number of furan rings is 1. The largest absolute Gasteiger partial charge is 0.469 e. The lowest BCUT2D eigenvalue weighted by Crippen LogP contribution is -3.12. The Morgan fingerprint density at radius 1 is 1.28 bits per heavy atom. The Hall–Kier alpha value is -1.96. The van der Waals surface area contributed by atoms with Gasteiger partial charge in [0.2, 0.25) is 0 Å². The Bertz CT molecular complexity index is 963. The second kappa shape index (κ2) is 8.42. The summed E-state index contributed by atoms with van der Waals surface area (Å²) in [7, 11) is 0. The number of rotatable bonds is 6. The lowest BCUT2D eigenvalue weighted by atomic mass is 9.89. The zero-order valence-corrected chi connectivity index (χ0v) is 17.8. The fourth-order valence-corrected chi connectivity index (χ4v) is 5.81. The van der Waals surface area contributed by atoms with Crippen molar-refractivity contribution in [1.29, 1.82) is 0 Å². The summed E-state index contributed by atoms with van der Waals surface area (Å²) in [4.78, 5) is 14.2. The van der Waals surface area contributed by atoms with Crippen LogP contribution < -0.4 is 10.2 Å². The first kappa shape index (κ1) is 19.0. The number of thiophene rings is 1. The average molecular weight is 414 g/mol. The van der Waals surface area contributed by atoms with Crippen molar-refractivity contribution in [3.63, 3.8) is 0 Å². The highest BCUT2D eigenvalue weighted by Crippen LogP contribution is 2.40. The van der Waals surface area contributed by atoms with Gasteiger partial charge in [0.15, 0.2) is 5.82 Å². The van der Waals surface area contributed by atoms with Crippen LogP contribution in [0.1, 0.15) is 35.4 Å². The fraction of sp³-hybridized carbons (Fsp3) is 0.545. The summed E-state index contributed by atoms with van der Waals surface area (Å²) < 4.78 is 11.0. The number of aryl methyl sites for hydroxylation is 1. The van der Waals surface area contributed by atoms with Crippen molar-refractivity contribution < 1.29 is 14.1 Å². The first-order valence-corrected chi connectivity index (χ1v) is 11.6. The molecule has 1 aliphatic heterocycles. The van der Waals surface area contributed by atoms with E-state index in [0.717, 1.165) is 80.4 Å². The van der Waals surface area contributed by atoms with Crippen molar-refractivity contribution in [1.82, 2.24) is 9.97 Å². The molecule has 2 aliphatic rings. The third-order valence-electron chi connectivity index (χ3n) is 6.05. The van der Waals surface area contributed by atoms with Crippen LogP contribution in [0.25, 0.3) is 10.2 Å². The molecule has 0 bridgehead atoms. The monoisotopic (exact) mass is 413 g/mol. The average Bonchev–Trinajstić information content (AvgIpc) is 3.35. The molecule has 1 fully saturated rings. The quantitative estimate of drug-likeness (QED) is 0.650. The molecule has 2 N–H and O–H groups in total. The summed E-state index contributed by atoms with van der Waals surface area (Å²) in [6.07, 6.45) is 6.15. The van der Waals surface area contributed by atoms with Gasteiger partial charge in [0.25, 0.3) is 0 Å². The van der Waals surface area contributed by atoms with E-state index in [4.69, 9.17) is 19.1 Å². The Morgan fingerprint density at radius 3 is 3.00 bits per heavy atom. The molecule has 6 nitrogen and oxygen atoms in total. The first-order valence-electron chi connectivity index (χ1n) is 10.7. The van der Waals surface area contributed by atoms with Crippen LogP contribution in [0.15, 0.2) is 22.8 Å². The van der Waals surface area contributed by atoms with E-state index in [1.54, 1.807) is 6.26 Å². The maximum Gasteiger partial charge on any atom is 0.187 e. The number of nitrogens with one attached hydrogen (secondary N) is 2. The van der Waals surface area contributed by atoms with Gasteiger partial charge < -0.3 is 19.4 Å². The van der Waals surface area contributed by atoms with Gasteiger partial charge in [-0.2, -0.15) is 0 Å². The zero-order valence-electron chi connectivity index (χ0n) is 17.0. The topological polar surface area (TPSA) is 64.6 Å². The summed E-state index contributed by atoms with van der Waals surface area (Å²) >= 11 is 1.88. The summed E-state index contributed by atoms with van der Waals surface area (Å²) in [5, 5.41) is 4.87. The molecule has 3 aromatic rings. The lowest BCUT2D eigenvalue weighted by molar-refractivity contribution is -0.922. The molecule has 1 aliphatic carbocycles. The van der Waals surface area contributed by atoms with Crippen molar-refractivity contribution >= 4 is 27.4 Å². The second-order valence-corrected chi connectivity index (χ2v) is 9.40. The minimum Gasteiger partial charge on any atom is -0.469 e. The van der Waals surface area contributed by atoms with Gasteiger partial charge in [0, 0.05) is 17.8 Å². The molecule has 154 valence electrons. The molecular formula is C22H29N4O2S+. The SMILES string of the molecule is C[C@H]1CCc2c(sc3nc(C[NH+]4CCOCC4)nc(NCCc4ccco4)c23)C1. The maximum atomic E-state index is 5.50. The molecule has 1 saturated heterocycles. The van der Waals surface area contributed by atoms with Gasteiger partial charge in [0.05, 0.1) is 24.9 Å². The van der Waals surface area contributed by atoms with Crippen LogP contribution in [0.5, 0.6) is 0 Å². The van der Waals surface area contributed by atoms with Gasteiger partial charge in [-0.25, -0.2) is 9.97 Å². The number of morpholine rings is 1. The second-order valence-electron chi connectivity index (χ2n) is 8.32. The molecule has 0 saturated carbocycles. The Labute approximate surface area is 175 Å². The van der Waals surface area contributed by atoms with Crippen molar-refractivity contribution in [3.8, 4) is 0 Å².